The van der Waals surface area contributed by atoms with Crippen molar-refractivity contribution in [3.05, 3.63) is 41.4 Å². The predicted octanol–water partition coefficient (Wildman–Crippen LogP) is 7.04. The Bertz CT molecular complexity index is 1030. The van der Waals surface area contributed by atoms with Gasteiger partial charge in [-0.2, -0.15) is 0 Å². The lowest BCUT2D eigenvalue weighted by molar-refractivity contribution is -0.194. The van der Waals surface area contributed by atoms with E-state index in [1.165, 1.54) is 7.11 Å². The summed E-state index contributed by atoms with van der Waals surface area (Å²) in [7, 11) is 1.44. The normalized spacial score (nSPS) is 32.4. The zero-order valence-corrected chi connectivity index (χ0v) is 28.0. The first kappa shape index (κ1) is 33.4. The van der Waals surface area contributed by atoms with Crippen molar-refractivity contribution in [3.8, 4) is 5.75 Å². The Morgan fingerprint density at radius 2 is 1.91 bits per heavy atom. The quantitative estimate of drug-likeness (QED) is 0.0873. The van der Waals surface area contributed by atoms with E-state index >= 15 is 0 Å². The summed E-state index contributed by atoms with van der Waals surface area (Å²) in [4.78, 5) is 11.6. The molecule has 4 unspecified atom stereocenters. The van der Waals surface area contributed by atoms with Crippen LogP contribution in [-0.4, -0.2) is 73.8 Å². The van der Waals surface area contributed by atoms with E-state index in [-0.39, 0.29) is 48.9 Å². The van der Waals surface area contributed by atoms with Crippen LogP contribution in [0.4, 0.5) is 0 Å². The highest BCUT2D eigenvalue weighted by molar-refractivity contribution is 14.1. The molecule has 1 saturated carbocycles. The lowest BCUT2D eigenvalue weighted by Gasteiger charge is -2.30. The Hall–Kier alpha value is -0.950. The van der Waals surface area contributed by atoms with Crippen molar-refractivity contribution in [3.63, 3.8) is 0 Å². The molecule has 1 aromatic carbocycles. The summed E-state index contributed by atoms with van der Waals surface area (Å²) < 4.78 is 42.8. The van der Waals surface area contributed by atoms with E-state index in [2.05, 4.69) is 34.7 Å². The molecule has 0 bridgehead atoms. The van der Waals surface area contributed by atoms with Crippen LogP contribution in [0.5, 0.6) is 5.75 Å². The largest absolute Gasteiger partial charge is 0.490 e. The Morgan fingerprint density at radius 1 is 1.12 bits per heavy atom. The number of methoxy groups -OCH3 is 1. The van der Waals surface area contributed by atoms with E-state index in [0.717, 1.165) is 77.4 Å². The van der Waals surface area contributed by atoms with E-state index in [1.807, 2.05) is 24.3 Å². The molecule has 5 rings (SSSR count). The number of alkyl halides is 1. The molecule has 3 aliphatic heterocycles. The maximum atomic E-state index is 11.6. The maximum absolute atomic E-state index is 11.6. The summed E-state index contributed by atoms with van der Waals surface area (Å²) in [6.07, 6.45) is 14.2. The molecule has 9 atom stereocenters. The van der Waals surface area contributed by atoms with Gasteiger partial charge in [0.05, 0.1) is 25.4 Å². The highest BCUT2D eigenvalue weighted by atomic mass is 127. The number of fused-ring (bicyclic) bond motifs is 1. The molecule has 4 aliphatic rings. The molecule has 3 saturated heterocycles. The van der Waals surface area contributed by atoms with Crippen LogP contribution in [0.3, 0.4) is 0 Å². The summed E-state index contributed by atoms with van der Waals surface area (Å²) in [5.41, 5.74) is 0. The fraction of sp³-hybridized carbons (Fsp3) is 0.727. The molecule has 0 amide bonds. The fourth-order valence-electron chi connectivity index (χ4n) is 6.63. The van der Waals surface area contributed by atoms with Gasteiger partial charge in [0.2, 0.25) is 0 Å². The summed E-state index contributed by atoms with van der Waals surface area (Å²) in [5.74, 6) is 1.07. The second kappa shape index (κ2) is 17.1. The van der Waals surface area contributed by atoms with Crippen LogP contribution in [0.2, 0.25) is 5.02 Å². The van der Waals surface area contributed by atoms with Gasteiger partial charge in [-0.25, -0.2) is 0 Å². The summed E-state index contributed by atoms with van der Waals surface area (Å²) >= 11 is 8.69. The third kappa shape index (κ3) is 10.0. The molecular weight excluding hydrogens is 687 g/mol. The first-order valence-corrected chi connectivity index (χ1v) is 17.6. The number of carbonyl (C=O) groups is 1. The van der Waals surface area contributed by atoms with Crippen LogP contribution in [0.25, 0.3) is 0 Å². The average Bonchev–Trinajstić information content (AvgIpc) is 3.57. The molecule has 1 aromatic rings. The van der Waals surface area contributed by atoms with Crippen molar-refractivity contribution in [1.82, 2.24) is 0 Å². The van der Waals surface area contributed by atoms with E-state index in [1.54, 1.807) is 0 Å². The summed E-state index contributed by atoms with van der Waals surface area (Å²) in [6, 6.07) is 7.44. The monoisotopic (exact) mass is 732 g/mol. The van der Waals surface area contributed by atoms with Gasteiger partial charge in [-0.15, -0.1) is 0 Å². The van der Waals surface area contributed by atoms with Crippen LogP contribution in [0, 0.1) is 11.8 Å². The molecule has 4 fully saturated rings. The molecule has 0 radical (unpaired) electrons. The number of carbonyl (C=O) groups excluding carboxylic acids is 1. The van der Waals surface area contributed by atoms with Gasteiger partial charge in [-0.05, 0) is 81.9 Å². The summed E-state index contributed by atoms with van der Waals surface area (Å²) in [5, 5.41) is 0.637. The van der Waals surface area contributed by atoms with Crippen molar-refractivity contribution >= 4 is 40.2 Å². The van der Waals surface area contributed by atoms with Crippen molar-refractivity contribution in [2.75, 3.05) is 26.9 Å². The van der Waals surface area contributed by atoms with Crippen LogP contribution in [-0.2, 0) is 33.2 Å². The number of ether oxygens (including phenoxy) is 7. The van der Waals surface area contributed by atoms with Gasteiger partial charge in [-0.1, -0.05) is 52.4 Å². The van der Waals surface area contributed by atoms with Gasteiger partial charge in [0.25, 0.3) is 0 Å². The molecule has 3 heterocycles. The average molecular weight is 733 g/mol. The molecular formula is C33H46ClIO8. The van der Waals surface area contributed by atoms with Crippen molar-refractivity contribution < 1.29 is 38.0 Å². The Morgan fingerprint density at radius 3 is 2.63 bits per heavy atom. The second-order valence-electron chi connectivity index (χ2n) is 12.0. The van der Waals surface area contributed by atoms with E-state index in [9.17, 15) is 4.79 Å². The highest BCUT2D eigenvalue weighted by Crippen LogP contribution is 2.48. The van der Waals surface area contributed by atoms with Crippen LogP contribution < -0.4 is 4.74 Å². The molecule has 0 spiro atoms. The van der Waals surface area contributed by atoms with Crippen LogP contribution in [0.15, 0.2) is 36.4 Å². The lowest BCUT2D eigenvalue weighted by atomic mass is 9.89. The van der Waals surface area contributed by atoms with Crippen molar-refractivity contribution in [1.29, 1.82) is 0 Å². The van der Waals surface area contributed by atoms with E-state index in [4.69, 9.17) is 44.8 Å². The van der Waals surface area contributed by atoms with Gasteiger partial charge in [0.15, 0.2) is 12.6 Å². The van der Waals surface area contributed by atoms with Gasteiger partial charge >= 0.3 is 5.97 Å². The molecule has 0 aromatic heterocycles. The Labute approximate surface area is 274 Å². The molecule has 43 heavy (non-hydrogen) atoms. The zero-order valence-electron chi connectivity index (χ0n) is 25.1. The number of esters is 1. The first-order valence-electron chi connectivity index (χ1n) is 16.0. The minimum Gasteiger partial charge on any atom is -0.490 e. The number of benzene rings is 1. The smallest absolute Gasteiger partial charge is 0.305 e. The van der Waals surface area contributed by atoms with Gasteiger partial charge in [0, 0.05) is 40.9 Å². The minimum absolute atomic E-state index is 0.0164. The topological polar surface area (TPSA) is 81.7 Å². The third-order valence-corrected chi connectivity index (χ3v) is 10.6. The number of hydrogen-bond donors (Lipinski definition) is 0. The number of hydrogen-bond acceptors (Lipinski definition) is 8. The van der Waals surface area contributed by atoms with Gasteiger partial charge in [-0.3, -0.25) is 4.79 Å². The molecule has 0 N–H and O–H groups in total. The van der Waals surface area contributed by atoms with E-state index in [0.29, 0.717) is 33.6 Å². The Balaban J connectivity index is 1.27. The second-order valence-corrected chi connectivity index (χ2v) is 14.0. The van der Waals surface area contributed by atoms with Crippen LogP contribution in [0.1, 0.15) is 70.6 Å². The molecule has 10 heteroatoms. The number of rotatable bonds is 14. The van der Waals surface area contributed by atoms with Crippen molar-refractivity contribution in [2.24, 2.45) is 11.8 Å². The SMILES string of the molecule is COC(=O)CCCC(I)C1C[C@@H]2[C@@H](C=C[C@H](COc3cccc(Cl)c3)OC3CCCCO3)[C@H](OC3CCCCO3)C[C@H]2O1. The maximum Gasteiger partial charge on any atom is 0.305 e. The van der Waals surface area contributed by atoms with Crippen molar-refractivity contribution in [2.45, 2.75) is 112 Å². The first-order chi connectivity index (χ1) is 21.0. The minimum atomic E-state index is -0.290. The third-order valence-electron chi connectivity index (χ3n) is 8.90. The predicted molar refractivity (Wildman–Crippen MR) is 172 cm³/mol. The van der Waals surface area contributed by atoms with Gasteiger partial charge in [0.1, 0.15) is 18.5 Å². The summed E-state index contributed by atoms with van der Waals surface area (Å²) in [6.45, 7) is 1.82. The standard InChI is InChI=1S/C33H46ClIO8/c1-37-31(36)11-7-10-27(35)30-19-26-25(28(20-29(26)42-30)43-33-13-3-5-17-39-33)15-14-24(41-32-12-2-4-16-38-32)21-40-23-9-6-8-22(34)18-23/h6,8-9,14-15,18,24-30,32-33H,2-5,7,10-13,16-17,19-21H2,1H3/t24-,25-,26-,27?,28-,29-,30?,32?,33?/m1/s1. The Kier molecular flexibility index (Phi) is 13.3. The van der Waals surface area contributed by atoms with Gasteiger partial charge < -0.3 is 33.2 Å². The highest BCUT2D eigenvalue weighted by Gasteiger charge is 2.51. The van der Waals surface area contributed by atoms with Crippen LogP contribution >= 0.6 is 34.2 Å². The lowest BCUT2D eigenvalue weighted by Crippen LogP contribution is -2.33. The number of halogens is 2. The molecule has 8 nitrogen and oxygen atoms in total. The zero-order chi connectivity index (χ0) is 30.0. The molecule has 1 aliphatic carbocycles. The molecule has 240 valence electrons. The van der Waals surface area contributed by atoms with E-state index < -0.39 is 0 Å². The fourth-order valence-corrected chi connectivity index (χ4v) is 7.71.